The van der Waals surface area contributed by atoms with Crippen LogP contribution in [0.15, 0.2) is 18.2 Å². The zero-order valence-corrected chi connectivity index (χ0v) is 9.22. The van der Waals surface area contributed by atoms with Gasteiger partial charge < -0.3 is 19.5 Å². The molecule has 1 aromatic rings. The molecule has 5 heteroatoms. The molecule has 1 saturated heterocycles. The second-order valence-electron chi connectivity index (χ2n) is 4.00. The Bertz CT molecular complexity index is 361. The molecule has 4 nitrogen and oxygen atoms in total. The molecule has 0 aliphatic carbocycles. The first-order chi connectivity index (χ1) is 7.66. The molecule has 2 N–H and O–H groups in total. The van der Waals surface area contributed by atoms with Crippen molar-refractivity contribution < 1.29 is 19.5 Å². The molecule has 0 amide bonds. The van der Waals surface area contributed by atoms with Crippen LogP contribution in [0.5, 0.6) is 5.75 Å². The third-order valence-electron chi connectivity index (χ3n) is 2.69. The van der Waals surface area contributed by atoms with E-state index in [1.165, 1.54) is 0 Å². The summed E-state index contributed by atoms with van der Waals surface area (Å²) in [6.45, 7) is 3.26. The van der Waals surface area contributed by atoms with E-state index < -0.39 is 7.12 Å². The molecule has 1 aromatic carbocycles. The highest BCUT2D eigenvalue weighted by Crippen LogP contribution is 2.20. The third-order valence-corrected chi connectivity index (χ3v) is 2.69. The predicted molar refractivity (Wildman–Crippen MR) is 60.9 cm³/mol. The lowest BCUT2D eigenvalue weighted by molar-refractivity contribution is 0.141. The molecule has 0 spiro atoms. The predicted octanol–water partition coefficient (Wildman–Crippen LogP) is -0.157. The fourth-order valence-electron chi connectivity index (χ4n) is 1.69. The number of rotatable bonds is 3. The van der Waals surface area contributed by atoms with Crippen molar-refractivity contribution in [2.24, 2.45) is 0 Å². The molecule has 1 atom stereocenters. The van der Waals surface area contributed by atoms with Gasteiger partial charge in [-0.05, 0) is 24.0 Å². The van der Waals surface area contributed by atoms with E-state index >= 15 is 0 Å². The van der Waals surface area contributed by atoms with E-state index in [4.69, 9.17) is 19.5 Å². The molecule has 1 aliphatic heterocycles. The summed E-state index contributed by atoms with van der Waals surface area (Å²) >= 11 is 0. The highest BCUT2D eigenvalue weighted by atomic mass is 16.5. The van der Waals surface area contributed by atoms with Crippen molar-refractivity contribution in [1.29, 1.82) is 0 Å². The van der Waals surface area contributed by atoms with Crippen molar-refractivity contribution in [2.45, 2.75) is 19.4 Å². The van der Waals surface area contributed by atoms with Gasteiger partial charge in [0.05, 0.1) is 13.2 Å². The highest BCUT2D eigenvalue weighted by molar-refractivity contribution is 6.58. The Morgan fingerprint density at radius 2 is 2.25 bits per heavy atom. The van der Waals surface area contributed by atoms with Gasteiger partial charge in [0, 0.05) is 6.42 Å². The molecule has 16 heavy (non-hydrogen) atoms. The van der Waals surface area contributed by atoms with Gasteiger partial charge in [0.1, 0.15) is 11.9 Å². The van der Waals surface area contributed by atoms with Gasteiger partial charge in [-0.15, -0.1) is 0 Å². The van der Waals surface area contributed by atoms with Crippen LogP contribution in [0.25, 0.3) is 0 Å². The molecule has 2 rings (SSSR count). The molecule has 86 valence electrons. The van der Waals surface area contributed by atoms with Crippen molar-refractivity contribution in [3.05, 3.63) is 23.8 Å². The monoisotopic (exact) mass is 222 g/mol. The largest absolute Gasteiger partial charge is 0.488 e. The molecule has 1 heterocycles. The molecule has 0 saturated carbocycles. The lowest BCUT2D eigenvalue weighted by atomic mass is 9.80. The van der Waals surface area contributed by atoms with Gasteiger partial charge in [0.15, 0.2) is 0 Å². The second-order valence-corrected chi connectivity index (χ2v) is 4.00. The summed E-state index contributed by atoms with van der Waals surface area (Å²) in [5.41, 5.74) is 1.43. The minimum absolute atomic E-state index is 0.0739. The van der Waals surface area contributed by atoms with Crippen LogP contribution in [-0.2, 0) is 4.74 Å². The lowest BCUT2D eigenvalue weighted by Gasteiger charge is -2.15. The van der Waals surface area contributed by atoms with Crippen molar-refractivity contribution >= 4 is 12.6 Å². The first kappa shape index (κ1) is 11.5. The molecule has 1 aliphatic rings. The number of aryl methyl sites for hydroxylation is 1. The minimum atomic E-state index is -1.46. The van der Waals surface area contributed by atoms with Gasteiger partial charge in [0.25, 0.3) is 0 Å². The van der Waals surface area contributed by atoms with Crippen molar-refractivity contribution in [1.82, 2.24) is 0 Å². The van der Waals surface area contributed by atoms with Gasteiger partial charge in [0.2, 0.25) is 0 Å². The van der Waals surface area contributed by atoms with Crippen LogP contribution in [0.3, 0.4) is 0 Å². The quantitative estimate of drug-likeness (QED) is 0.698. The Morgan fingerprint density at radius 1 is 1.44 bits per heavy atom. The Hall–Kier alpha value is -1.04. The van der Waals surface area contributed by atoms with E-state index in [1.54, 1.807) is 12.1 Å². The van der Waals surface area contributed by atoms with Gasteiger partial charge in [-0.1, -0.05) is 12.1 Å². The summed E-state index contributed by atoms with van der Waals surface area (Å²) in [6, 6.07) is 5.16. The van der Waals surface area contributed by atoms with Crippen LogP contribution in [-0.4, -0.2) is 36.5 Å². The number of hydrogen-bond donors (Lipinski definition) is 2. The lowest BCUT2D eigenvalue weighted by Crippen LogP contribution is -2.30. The molecule has 0 bridgehead atoms. The normalized spacial score (nSPS) is 19.8. The van der Waals surface area contributed by atoms with E-state index in [9.17, 15) is 0 Å². The summed E-state index contributed by atoms with van der Waals surface area (Å²) in [4.78, 5) is 0. The van der Waals surface area contributed by atoms with Crippen molar-refractivity contribution in [2.75, 3.05) is 13.2 Å². The second kappa shape index (κ2) is 4.87. The van der Waals surface area contributed by atoms with Crippen LogP contribution in [0, 0.1) is 6.92 Å². The van der Waals surface area contributed by atoms with E-state index in [0.717, 1.165) is 18.6 Å². The number of ether oxygens (including phenoxy) is 2. The SMILES string of the molecule is Cc1ccc(B(O)O)cc1O[C@H]1CCOC1. The van der Waals surface area contributed by atoms with Crippen LogP contribution in [0.2, 0.25) is 0 Å². The Morgan fingerprint density at radius 3 is 2.88 bits per heavy atom. The van der Waals surface area contributed by atoms with Crippen LogP contribution in [0.1, 0.15) is 12.0 Å². The molecular formula is C11H15BO4. The average molecular weight is 222 g/mol. The van der Waals surface area contributed by atoms with E-state index in [1.807, 2.05) is 13.0 Å². The highest BCUT2D eigenvalue weighted by Gasteiger charge is 2.19. The minimum Gasteiger partial charge on any atom is -0.488 e. The topological polar surface area (TPSA) is 58.9 Å². The van der Waals surface area contributed by atoms with E-state index in [0.29, 0.717) is 17.8 Å². The summed E-state index contributed by atoms with van der Waals surface area (Å²) in [5.74, 6) is 0.695. The van der Waals surface area contributed by atoms with Gasteiger partial charge in [-0.3, -0.25) is 0 Å². The van der Waals surface area contributed by atoms with Gasteiger partial charge >= 0.3 is 7.12 Å². The van der Waals surface area contributed by atoms with Crippen LogP contribution >= 0.6 is 0 Å². The fraction of sp³-hybridized carbons (Fsp3) is 0.455. The maximum absolute atomic E-state index is 9.08. The molecule has 0 unspecified atom stereocenters. The van der Waals surface area contributed by atoms with Crippen molar-refractivity contribution in [3.63, 3.8) is 0 Å². The van der Waals surface area contributed by atoms with Crippen LogP contribution < -0.4 is 10.2 Å². The summed E-state index contributed by atoms with van der Waals surface area (Å²) in [5, 5.41) is 18.2. The van der Waals surface area contributed by atoms with Gasteiger partial charge in [-0.2, -0.15) is 0 Å². The van der Waals surface area contributed by atoms with Gasteiger partial charge in [-0.25, -0.2) is 0 Å². The molecule has 0 aromatic heterocycles. The maximum Gasteiger partial charge on any atom is 0.488 e. The third kappa shape index (κ3) is 2.55. The first-order valence-electron chi connectivity index (χ1n) is 5.38. The molecule has 1 fully saturated rings. The zero-order valence-electron chi connectivity index (χ0n) is 9.22. The molecule has 0 radical (unpaired) electrons. The average Bonchev–Trinajstić information content (AvgIpc) is 2.73. The Balaban J connectivity index is 2.14. The molecular weight excluding hydrogens is 207 g/mol. The Labute approximate surface area is 95.0 Å². The van der Waals surface area contributed by atoms with Crippen molar-refractivity contribution in [3.8, 4) is 5.75 Å². The van der Waals surface area contributed by atoms with Crippen LogP contribution in [0.4, 0.5) is 0 Å². The fourth-order valence-corrected chi connectivity index (χ4v) is 1.69. The number of hydrogen-bond acceptors (Lipinski definition) is 4. The zero-order chi connectivity index (χ0) is 11.5. The van der Waals surface area contributed by atoms with E-state index in [2.05, 4.69) is 0 Å². The van der Waals surface area contributed by atoms with E-state index in [-0.39, 0.29) is 6.10 Å². The smallest absolute Gasteiger partial charge is 0.488 e. The maximum atomic E-state index is 9.08. The Kier molecular flexibility index (Phi) is 3.48. The first-order valence-corrected chi connectivity index (χ1v) is 5.38. The summed E-state index contributed by atoms with van der Waals surface area (Å²) in [6.07, 6.45) is 0.954. The number of benzene rings is 1. The standard InChI is InChI=1S/C11H15BO4/c1-8-2-3-9(12(13)14)6-11(8)16-10-4-5-15-7-10/h2-3,6,10,13-14H,4-5,7H2,1H3/t10-/m0/s1. The summed E-state index contributed by atoms with van der Waals surface area (Å²) < 4.78 is 11.0. The summed E-state index contributed by atoms with van der Waals surface area (Å²) in [7, 11) is -1.46.